The van der Waals surface area contributed by atoms with Crippen molar-refractivity contribution in [2.24, 2.45) is 0 Å². The van der Waals surface area contributed by atoms with E-state index in [4.69, 9.17) is 15.9 Å². The van der Waals surface area contributed by atoms with E-state index < -0.39 is 11.9 Å². The number of carboxylic acids is 2. The number of carboxylic acid groups (broad SMARTS) is 2. The summed E-state index contributed by atoms with van der Waals surface area (Å²) in [5.41, 5.74) is 6.02. The highest BCUT2D eigenvalue weighted by molar-refractivity contribution is 5.95. The standard InChI is InChI=1S/C10H9NO4/c11-7-3-1-6(2-4-9(12)13)8(5-7)10(14)15/h1-5H,11H2,(H,12,13)(H,14,15). The maximum atomic E-state index is 10.8. The Labute approximate surface area is 85.5 Å². The largest absolute Gasteiger partial charge is 0.478 e. The number of nitrogen functional groups attached to an aromatic ring is 1. The number of carbonyl (C=O) groups is 2. The van der Waals surface area contributed by atoms with E-state index in [2.05, 4.69) is 0 Å². The molecule has 15 heavy (non-hydrogen) atoms. The first-order valence-electron chi connectivity index (χ1n) is 4.04. The van der Waals surface area contributed by atoms with E-state index in [1.807, 2.05) is 0 Å². The minimum absolute atomic E-state index is 0.0208. The molecule has 78 valence electrons. The van der Waals surface area contributed by atoms with E-state index in [0.717, 1.165) is 6.08 Å². The van der Waals surface area contributed by atoms with Crippen LogP contribution in [0, 0.1) is 0 Å². The number of anilines is 1. The Morgan fingerprint density at radius 1 is 1.27 bits per heavy atom. The van der Waals surface area contributed by atoms with Crippen molar-refractivity contribution >= 4 is 23.7 Å². The van der Waals surface area contributed by atoms with E-state index in [1.165, 1.54) is 24.3 Å². The van der Waals surface area contributed by atoms with Gasteiger partial charge in [0.05, 0.1) is 5.56 Å². The first-order valence-corrected chi connectivity index (χ1v) is 4.04. The average molecular weight is 207 g/mol. The maximum absolute atomic E-state index is 10.8. The van der Waals surface area contributed by atoms with Crippen molar-refractivity contribution in [3.8, 4) is 0 Å². The van der Waals surface area contributed by atoms with Gasteiger partial charge in [-0.15, -0.1) is 0 Å². The second-order valence-electron chi connectivity index (χ2n) is 2.82. The van der Waals surface area contributed by atoms with Crippen LogP contribution in [0.5, 0.6) is 0 Å². The molecular formula is C10H9NO4. The lowest BCUT2D eigenvalue weighted by atomic mass is 10.1. The first-order chi connectivity index (χ1) is 7.00. The molecular weight excluding hydrogens is 198 g/mol. The third kappa shape index (κ3) is 2.84. The van der Waals surface area contributed by atoms with Gasteiger partial charge in [-0.05, 0) is 23.8 Å². The number of hydrogen-bond donors (Lipinski definition) is 3. The average Bonchev–Trinajstić information content (AvgIpc) is 2.15. The van der Waals surface area contributed by atoms with Gasteiger partial charge >= 0.3 is 11.9 Å². The molecule has 0 aliphatic carbocycles. The SMILES string of the molecule is Nc1ccc(C=CC(=O)O)c(C(=O)O)c1. The predicted octanol–water partition coefficient (Wildman–Crippen LogP) is 1.06. The van der Waals surface area contributed by atoms with Crippen LogP contribution in [0.2, 0.25) is 0 Å². The van der Waals surface area contributed by atoms with E-state index in [1.54, 1.807) is 0 Å². The molecule has 0 aliphatic rings. The molecule has 0 aliphatic heterocycles. The summed E-state index contributed by atoms with van der Waals surface area (Å²) in [4.78, 5) is 21.0. The van der Waals surface area contributed by atoms with Gasteiger partial charge in [-0.1, -0.05) is 6.07 Å². The van der Waals surface area contributed by atoms with Gasteiger partial charge in [0.25, 0.3) is 0 Å². The van der Waals surface area contributed by atoms with Crippen molar-refractivity contribution < 1.29 is 19.8 Å². The molecule has 0 saturated carbocycles. The highest BCUT2D eigenvalue weighted by Crippen LogP contribution is 2.15. The molecule has 1 aromatic rings. The summed E-state index contributed by atoms with van der Waals surface area (Å²) in [5.74, 6) is -2.28. The van der Waals surface area contributed by atoms with Gasteiger partial charge < -0.3 is 15.9 Å². The summed E-state index contributed by atoms with van der Waals surface area (Å²) < 4.78 is 0. The van der Waals surface area contributed by atoms with Crippen LogP contribution in [-0.2, 0) is 4.79 Å². The zero-order chi connectivity index (χ0) is 11.4. The highest BCUT2D eigenvalue weighted by atomic mass is 16.4. The number of aliphatic carboxylic acids is 1. The minimum Gasteiger partial charge on any atom is -0.478 e. The zero-order valence-corrected chi connectivity index (χ0v) is 7.68. The molecule has 0 bridgehead atoms. The molecule has 0 fully saturated rings. The lowest BCUT2D eigenvalue weighted by Crippen LogP contribution is -2.01. The topological polar surface area (TPSA) is 101 Å². The molecule has 1 rings (SSSR count). The van der Waals surface area contributed by atoms with Crippen molar-refractivity contribution in [3.05, 3.63) is 35.4 Å². The molecule has 5 nitrogen and oxygen atoms in total. The Balaban J connectivity index is 3.17. The number of rotatable bonds is 3. The van der Waals surface area contributed by atoms with E-state index in [-0.39, 0.29) is 5.56 Å². The van der Waals surface area contributed by atoms with Crippen molar-refractivity contribution in [3.63, 3.8) is 0 Å². The fourth-order valence-electron chi connectivity index (χ4n) is 1.07. The van der Waals surface area contributed by atoms with Crippen LogP contribution in [0.1, 0.15) is 15.9 Å². The van der Waals surface area contributed by atoms with Crippen LogP contribution in [0.4, 0.5) is 5.69 Å². The monoisotopic (exact) mass is 207 g/mol. The number of aromatic carboxylic acids is 1. The molecule has 0 saturated heterocycles. The summed E-state index contributed by atoms with van der Waals surface area (Å²) in [6.07, 6.45) is 2.09. The fourth-order valence-corrected chi connectivity index (χ4v) is 1.07. The van der Waals surface area contributed by atoms with Gasteiger partial charge in [0.1, 0.15) is 0 Å². The Morgan fingerprint density at radius 3 is 2.47 bits per heavy atom. The van der Waals surface area contributed by atoms with Crippen LogP contribution in [-0.4, -0.2) is 22.2 Å². The molecule has 0 atom stereocenters. The fraction of sp³-hybridized carbons (Fsp3) is 0. The van der Waals surface area contributed by atoms with Crippen molar-refractivity contribution in [1.82, 2.24) is 0 Å². The van der Waals surface area contributed by atoms with Crippen LogP contribution in [0.25, 0.3) is 6.08 Å². The lowest BCUT2D eigenvalue weighted by Gasteiger charge is -2.01. The second kappa shape index (κ2) is 4.28. The molecule has 1 aromatic carbocycles. The lowest BCUT2D eigenvalue weighted by molar-refractivity contribution is -0.131. The molecule has 0 radical (unpaired) electrons. The molecule has 4 N–H and O–H groups in total. The third-order valence-corrected chi connectivity index (χ3v) is 1.71. The summed E-state index contributed by atoms with van der Waals surface area (Å²) in [6.45, 7) is 0. The first kappa shape index (κ1) is 10.8. The van der Waals surface area contributed by atoms with Gasteiger partial charge in [0.15, 0.2) is 0 Å². The summed E-state index contributed by atoms with van der Waals surface area (Å²) in [7, 11) is 0. The summed E-state index contributed by atoms with van der Waals surface area (Å²) in [6, 6.07) is 4.25. The number of nitrogens with two attached hydrogens (primary N) is 1. The summed E-state index contributed by atoms with van der Waals surface area (Å²) >= 11 is 0. The Kier molecular flexibility index (Phi) is 3.07. The van der Waals surface area contributed by atoms with Gasteiger partial charge in [-0.3, -0.25) is 0 Å². The van der Waals surface area contributed by atoms with E-state index >= 15 is 0 Å². The van der Waals surface area contributed by atoms with E-state index in [9.17, 15) is 9.59 Å². The quantitative estimate of drug-likeness (QED) is 0.508. The normalized spacial score (nSPS) is 10.4. The molecule has 0 unspecified atom stereocenters. The Morgan fingerprint density at radius 2 is 1.93 bits per heavy atom. The second-order valence-corrected chi connectivity index (χ2v) is 2.82. The van der Waals surface area contributed by atoms with Crippen LogP contribution < -0.4 is 5.73 Å². The van der Waals surface area contributed by atoms with Crippen LogP contribution in [0.15, 0.2) is 24.3 Å². The third-order valence-electron chi connectivity index (χ3n) is 1.71. The van der Waals surface area contributed by atoms with Crippen LogP contribution >= 0.6 is 0 Å². The van der Waals surface area contributed by atoms with Gasteiger partial charge in [-0.2, -0.15) is 0 Å². The Hall–Kier alpha value is -2.30. The molecule has 0 spiro atoms. The highest BCUT2D eigenvalue weighted by Gasteiger charge is 2.08. The molecule has 0 aromatic heterocycles. The zero-order valence-electron chi connectivity index (χ0n) is 7.68. The van der Waals surface area contributed by atoms with Gasteiger partial charge in [0, 0.05) is 11.8 Å². The minimum atomic E-state index is -1.15. The van der Waals surface area contributed by atoms with E-state index in [0.29, 0.717) is 11.3 Å². The van der Waals surface area contributed by atoms with Crippen LogP contribution in [0.3, 0.4) is 0 Å². The number of benzene rings is 1. The predicted molar refractivity (Wildman–Crippen MR) is 54.5 cm³/mol. The molecule has 5 heteroatoms. The number of hydrogen-bond acceptors (Lipinski definition) is 3. The smallest absolute Gasteiger partial charge is 0.336 e. The molecule has 0 amide bonds. The van der Waals surface area contributed by atoms with Gasteiger partial charge in [-0.25, -0.2) is 9.59 Å². The van der Waals surface area contributed by atoms with Crippen molar-refractivity contribution in [1.29, 1.82) is 0 Å². The maximum Gasteiger partial charge on any atom is 0.336 e. The molecule has 0 heterocycles. The van der Waals surface area contributed by atoms with Crippen molar-refractivity contribution in [2.75, 3.05) is 5.73 Å². The van der Waals surface area contributed by atoms with Gasteiger partial charge in [0.2, 0.25) is 0 Å². The summed E-state index contributed by atoms with van der Waals surface area (Å²) in [5, 5.41) is 17.2. The van der Waals surface area contributed by atoms with Crippen molar-refractivity contribution in [2.45, 2.75) is 0 Å². The Bertz CT molecular complexity index is 437.